The fourth-order valence-electron chi connectivity index (χ4n) is 0.271. The summed E-state index contributed by atoms with van der Waals surface area (Å²) in [5.74, 6) is 0. The van der Waals surface area contributed by atoms with Gasteiger partial charge in [-0.3, -0.25) is 0 Å². The molecule has 0 aromatic carbocycles. The second kappa shape index (κ2) is 5.30. The molecule has 0 saturated carbocycles. The molecule has 0 fully saturated rings. The van der Waals surface area contributed by atoms with Crippen LogP contribution in [0.4, 0.5) is 0 Å². The van der Waals surface area contributed by atoms with Crippen LogP contribution in [0.5, 0.6) is 0 Å². The Balaban J connectivity index is 3.80. The lowest BCUT2D eigenvalue weighted by atomic mass is 10.2. The summed E-state index contributed by atoms with van der Waals surface area (Å²) in [6.07, 6.45) is 1.77. The summed E-state index contributed by atoms with van der Waals surface area (Å²) in [7, 11) is 0. The van der Waals surface area contributed by atoms with E-state index in [-0.39, 0.29) is 0 Å². The van der Waals surface area contributed by atoms with Crippen LogP contribution in [-0.2, 0) is 0 Å². The van der Waals surface area contributed by atoms with Crippen LogP contribution >= 0.6 is 11.9 Å². The lowest BCUT2D eigenvalue weighted by molar-refractivity contribution is 1.38. The van der Waals surface area contributed by atoms with Gasteiger partial charge in [-0.2, -0.15) is 0 Å². The van der Waals surface area contributed by atoms with Crippen LogP contribution in [0.15, 0.2) is 27.5 Å². The molecule has 0 bridgehead atoms. The van der Waals surface area contributed by atoms with Crippen LogP contribution in [0.3, 0.4) is 0 Å². The number of nitrogens with zero attached hydrogens (tertiary/aromatic N) is 1. The number of allylic oxidation sites excluding steroid dienone is 2. The quantitative estimate of drug-likeness (QED) is 0.346. The standard InChI is InChI=1S/C8H13NS/c1-5-9-10-6-8(4)7(2)3/h5-6H,2H2,1,3-4H3/b8-6+,9-5+. The third-order valence-corrected chi connectivity index (χ3v) is 1.86. The van der Waals surface area contributed by atoms with Crippen molar-refractivity contribution in [1.29, 1.82) is 0 Å². The lowest BCUT2D eigenvalue weighted by Crippen LogP contribution is -1.72. The molecule has 0 aliphatic heterocycles. The Morgan fingerprint density at radius 3 is 2.50 bits per heavy atom. The summed E-state index contributed by atoms with van der Waals surface area (Å²) in [6, 6.07) is 0. The smallest absolute Gasteiger partial charge is 0.00986 e. The van der Waals surface area contributed by atoms with Crippen LogP contribution in [0, 0.1) is 0 Å². The predicted octanol–water partition coefficient (Wildman–Crippen LogP) is 3.21. The van der Waals surface area contributed by atoms with E-state index in [1.54, 1.807) is 6.21 Å². The van der Waals surface area contributed by atoms with E-state index in [9.17, 15) is 0 Å². The van der Waals surface area contributed by atoms with Gasteiger partial charge < -0.3 is 0 Å². The summed E-state index contributed by atoms with van der Waals surface area (Å²) in [5, 5.41) is 1.99. The van der Waals surface area contributed by atoms with Gasteiger partial charge in [0.1, 0.15) is 0 Å². The molecule has 0 saturated heterocycles. The molecule has 0 aromatic rings. The Morgan fingerprint density at radius 1 is 1.50 bits per heavy atom. The van der Waals surface area contributed by atoms with Crippen molar-refractivity contribution in [1.82, 2.24) is 0 Å². The SMILES string of the molecule is C=C(C)/C(C)=C/S/N=C/C. The molecule has 10 heavy (non-hydrogen) atoms. The van der Waals surface area contributed by atoms with Crippen molar-refractivity contribution in [2.24, 2.45) is 4.40 Å². The fourth-order valence-corrected chi connectivity index (χ4v) is 0.813. The van der Waals surface area contributed by atoms with Gasteiger partial charge in [0.2, 0.25) is 0 Å². The highest BCUT2D eigenvalue weighted by Crippen LogP contribution is 2.12. The van der Waals surface area contributed by atoms with Crippen molar-refractivity contribution in [2.45, 2.75) is 20.8 Å². The molecule has 1 nitrogen and oxygen atoms in total. The molecule has 0 heterocycles. The largest absolute Gasteiger partial charge is 0.225 e. The number of hydrogen-bond donors (Lipinski definition) is 0. The highest BCUT2D eigenvalue weighted by Gasteiger charge is 1.86. The van der Waals surface area contributed by atoms with Crippen LogP contribution in [0.2, 0.25) is 0 Å². The van der Waals surface area contributed by atoms with E-state index in [0.29, 0.717) is 0 Å². The van der Waals surface area contributed by atoms with E-state index < -0.39 is 0 Å². The molecule has 0 aliphatic carbocycles. The third-order valence-electron chi connectivity index (χ3n) is 1.07. The molecule has 2 heteroatoms. The lowest BCUT2D eigenvalue weighted by Gasteiger charge is -1.94. The third kappa shape index (κ3) is 4.39. The molecule has 0 spiro atoms. The molecular weight excluding hydrogens is 142 g/mol. The van der Waals surface area contributed by atoms with Gasteiger partial charge in [0.25, 0.3) is 0 Å². The van der Waals surface area contributed by atoms with Crippen molar-refractivity contribution in [3.05, 3.63) is 23.1 Å². The Labute approximate surface area is 67.1 Å². The first-order chi connectivity index (χ1) is 4.68. The molecule has 56 valence electrons. The van der Waals surface area contributed by atoms with Gasteiger partial charge in [-0.05, 0) is 31.8 Å². The molecule has 0 aromatic heterocycles. The molecule has 0 rings (SSSR count). The maximum absolute atomic E-state index is 3.97. The zero-order valence-electron chi connectivity index (χ0n) is 6.72. The van der Waals surface area contributed by atoms with Gasteiger partial charge >= 0.3 is 0 Å². The first kappa shape index (κ1) is 9.50. The number of hydrogen-bond acceptors (Lipinski definition) is 2. The zero-order valence-corrected chi connectivity index (χ0v) is 7.53. The molecule has 0 N–H and O–H groups in total. The van der Waals surface area contributed by atoms with E-state index in [1.165, 1.54) is 17.5 Å². The fraction of sp³-hybridized carbons (Fsp3) is 0.375. The molecule has 0 amide bonds. The topological polar surface area (TPSA) is 12.4 Å². The van der Waals surface area contributed by atoms with E-state index in [2.05, 4.69) is 11.0 Å². The Hall–Kier alpha value is -0.500. The van der Waals surface area contributed by atoms with E-state index >= 15 is 0 Å². The van der Waals surface area contributed by atoms with Gasteiger partial charge in [-0.1, -0.05) is 12.2 Å². The van der Waals surface area contributed by atoms with Gasteiger partial charge in [-0.25, -0.2) is 4.40 Å². The van der Waals surface area contributed by atoms with Crippen molar-refractivity contribution < 1.29 is 0 Å². The number of rotatable bonds is 3. The molecule has 0 aliphatic rings. The van der Waals surface area contributed by atoms with E-state index in [0.717, 1.165) is 5.57 Å². The molecule has 0 atom stereocenters. The predicted molar refractivity (Wildman–Crippen MR) is 50.3 cm³/mol. The molecular formula is C8H13NS. The van der Waals surface area contributed by atoms with Gasteiger partial charge in [0.05, 0.1) is 0 Å². The second-order valence-electron chi connectivity index (χ2n) is 2.05. The maximum atomic E-state index is 3.97. The van der Waals surface area contributed by atoms with Crippen molar-refractivity contribution in [3.8, 4) is 0 Å². The normalized spacial score (nSPS) is 12.5. The van der Waals surface area contributed by atoms with Crippen molar-refractivity contribution in [2.75, 3.05) is 0 Å². The summed E-state index contributed by atoms with van der Waals surface area (Å²) in [5.41, 5.74) is 2.29. The Morgan fingerprint density at radius 2 is 2.10 bits per heavy atom. The summed E-state index contributed by atoms with van der Waals surface area (Å²) in [4.78, 5) is 0. The highest BCUT2D eigenvalue weighted by molar-refractivity contribution is 8.01. The summed E-state index contributed by atoms with van der Waals surface area (Å²) < 4.78 is 3.97. The maximum Gasteiger partial charge on any atom is 0.00986 e. The summed E-state index contributed by atoms with van der Waals surface area (Å²) in [6.45, 7) is 9.72. The minimum absolute atomic E-state index is 1.10. The Kier molecular flexibility index (Phi) is 5.03. The monoisotopic (exact) mass is 155 g/mol. The average Bonchev–Trinajstić information content (AvgIpc) is 1.88. The second-order valence-corrected chi connectivity index (χ2v) is 2.71. The minimum Gasteiger partial charge on any atom is -0.225 e. The highest BCUT2D eigenvalue weighted by atomic mass is 32.2. The van der Waals surface area contributed by atoms with E-state index in [1.807, 2.05) is 26.2 Å². The molecule has 0 radical (unpaired) electrons. The van der Waals surface area contributed by atoms with Crippen LogP contribution in [0.25, 0.3) is 0 Å². The zero-order chi connectivity index (χ0) is 7.98. The average molecular weight is 155 g/mol. The minimum atomic E-state index is 1.10. The molecule has 0 unspecified atom stereocenters. The van der Waals surface area contributed by atoms with Crippen molar-refractivity contribution in [3.63, 3.8) is 0 Å². The first-order valence-corrected chi connectivity index (χ1v) is 3.98. The van der Waals surface area contributed by atoms with Gasteiger partial charge in [-0.15, -0.1) is 0 Å². The first-order valence-electron chi connectivity index (χ1n) is 3.15. The summed E-state index contributed by atoms with van der Waals surface area (Å²) >= 11 is 1.44. The van der Waals surface area contributed by atoms with Gasteiger partial charge in [0.15, 0.2) is 0 Å². The van der Waals surface area contributed by atoms with Gasteiger partial charge in [0, 0.05) is 18.2 Å². The Bertz CT molecular complexity index is 168. The van der Waals surface area contributed by atoms with Crippen molar-refractivity contribution >= 4 is 18.2 Å². The van der Waals surface area contributed by atoms with Crippen LogP contribution in [0.1, 0.15) is 20.8 Å². The van der Waals surface area contributed by atoms with Crippen LogP contribution in [-0.4, -0.2) is 6.21 Å². The van der Waals surface area contributed by atoms with Crippen LogP contribution < -0.4 is 0 Å². The van der Waals surface area contributed by atoms with E-state index in [4.69, 9.17) is 0 Å².